The summed E-state index contributed by atoms with van der Waals surface area (Å²) in [6.45, 7) is 5.11. The standard InChI is InChI=1S/C27H29ClN4O3/c1-18-10-13-31(14-11-18)27-29-24-12-15-32(26(33)19-6-8-20(28)9-7-19)17-23(24)25(30-27)35-22-5-3-4-21(16-22)34-2/h3-9,16,18H,10-15,17H2,1-2H3. The Labute approximate surface area is 210 Å². The van der Waals surface area contributed by atoms with Gasteiger partial charge in [-0.2, -0.15) is 4.98 Å². The zero-order valence-electron chi connectivity index (χ0n) is 20.0. The molecule has 0 radical (unpaired) electrons. The summed E-state index contributed by atoms with van der Waals surface area (Å²) in [5.41, 5.74) is 2.38. The number of aromatic nitrogens is 2. The van der Waals surface area contributed by atoms with Crippen LogP contribution < -0.4 is 14.4 Å². The normalized spacial score (nSPS) is 16.1. The average molecular weight is 493 g/mol. The van der Waals surface area contributed by atoms with Crippen LogP contribution in [0.5, 0.6) is 17.4 Å². The van der Waals surface area contributed by atoms with E-state index in [0.717, 1.165) is 37.2 Å². The minimum atomic E-state index is -0.0475. The van der Waals surface area contributed by atoms with Crippen molar-refractivity contribution >= 4 is 23.5 Å². The second-order valence-corrected chi connectivity index (χ2v) is 9.62. The van der Waals surface area contributed by atoms with Crippen LogP contribution in [0.25, 0.3) is 0 Å². The molecule has 2 aliphatic heterocycles. The van der Waals surface area contributed by atoms with Gasteiger partial charge in [0.15, 0.2) is 0 Å². The van der Waals surface area contributed by atoms with Gasteiger partial charge in [-0.25, -0.2) is 4.98 Å². The monoisotopic (exact) mass is 492 g/mol. The minimum Gasteiger partial charge on any atom is -0.497 e. The molecular weight excluding hydrogens is 464 g/mol. The molecule has 0 atom stereocenters. The lowest BCUT2D eigenvalue weighted by molar-refractivity contribution is 0.0732. The Hall–Kier alpha value is -3.32. The maximum atomic E-state index is 13.2. The van der Waals surface area contributed by atoms with Crippen molar-refractivity contribution in [2.45, 2.75) is 32.7 Å². The van der Waals surface area contributed by atoms with E-state index >= 15 is 0 Å². The van der Waals surface area contributed by atoms with Crippen molar-refractivity contribution in [3.8, 4) is 17.4 Å². The highest BCUT2D eigenvalue weighted by Crippen LogP contribution is 2.34. The SMILES string of the molecule is COc1cccc(Oc2nc(N3CCC(C)CC3)nc3c2CN(C(=O)c2ccc(Cl)cc2)CC3)c1. The first-order valence-electron chi connectivity index (χ1n) is 12.0. The number of methoxy groups -OCH3 is 1. The maximum absolute atomic E-state index is 13.2. The van der Waals surface area contributed by atoms with Crippen molar-refractivity contribution in [2.75, 3.05) is 31.6 Å². The molecule has 5 rings (SSSR count). The lowest BCUT2D eigenvalue weighted by Gasteiger charge is -2.33. The second kappa shape index (κ2) is 10.1. The van der Waals surface area contributed by atoms with Gasteiger partial charge < -0.3 is 19.3 Å². The van der Waals surface area contributed by atoms with Gasteiger partial charge in [0.05, 0.1) is 24.9 Å². The molecule has 1 amide bonds. The summed E-state index contributed by atoms with van der Waals surface area (Å²) in [5, 5.41) is 0.604. The molecule has 7 nitrogen and oxygen atoms in total. The fourth-order valence-electron chi connectivity index (χ4n) is 4.53. The van der Waals surface area contributed by atoms with E-state index in [1.54, 1.807) is 31.4 Å². The van der Waals surface area contributed by atoms with E-state index < -0.39 is 0 Å². The number of nitrogens with zero attached hydrogens (tertiary/aromatic N) is 4. The highest BCUT2D eigenvalue weighted by Gasteiger charge is 2.29. The van der Waals surface area contributed by atoms with Gasteiger partial charge in [-0.1, -0.05) is 24.6 Å². The summed E-state index contributed by atoms with van der Waals surface area (Å²) in [6.07, 6.45) is 2.88. The van der Waals surface area contributed by atoms with Gasteiger partial charge in [0, 0.05) is 42.7 Å². The largest absolute Gasteiger partial charge is 0.497 e. The summed E-state index contributed by atoms with van der Waals surface area (Å²) >= 11 is 6.00. The third-order valence-electron chi connectivity index (χ3n) is 6.71. The van der Waals surface area contributed by atoms with Crippen molar-refractivity contribution in [1.82, 2.24) is 14.9 Å². The zero-order valence-corrected chi connectivity index (χ0v) is 20.8. The molecular formula is C27H29ClN4O3. The quantitative estimate of drug-likeness (QED) is 0.477. The van der Waals surface area contributed by atoms with Crippen molar-refractivity contribution in [2.24, 2.45) is 5.92 Å². The first-order chi connectivity index (χ1) is 17.0. The van der Waals surface area contributed by atoms with Gasteiger partial charge in [0.25, 0.3) is 5.91 Å². The summed E-state index contributed by atoms with van der Waals surface area (Å²) in [4.78, 5) is 27.0. The summed E-state index contributed by atoms with van der Waals surface area (Å²) in [6, 6.07) is 14.4. The molecule has 3 heterocycles. The fraction of sp³-hybridized carbons (Fsp3) is 0.370. The van der Waals surface area contributed by atoms with Gasteiger partial charge in [0.2, 0.25) is 11.8 Å². The molecule has 0 N–H and O–H groups in total. The van der Waals surface area contributed by atoms with Crippen LogP contribution in [0.1, 0.15) is 41.4 Å². The molecule has 1 saturated heterocycles. The van der Waals surface area contributed by atoms with Crippen molar-refractivity contribution in [3.63, 3.8) is 0 Å². The molecule has 3 aromatic rings. The van der Waals surface area contributed by atoms with Crippen molar-refractivity contribution < 1.29 is 14.3 Å². The minimum absolute atomic E-state index is 0.0475. The van der Waals surface area contributed by atoms with Gasteiger partial charge in [-0.05, 0) is 55.2 Å². The Morgan fingerprint density at radius 2 is 1.77 bits per heavy atom. The molecule has 8 heteroatoms. The van der Waals surface area contributed by atoms with Crippen LogP contribution in [0.3, 0.4) is 0 Å². The first-order valence-corrected chi connectivity index (χ1v) is 12.4. The van der Waals surface area contributed by atoms with Crippen LogP contribution in [0.15, 0.2) is 48.5 Å². The zero-order chi connectivity index (χ0) is 24.4. The number of piperidine rings is 1. The van der Waals surface area contributed by atoms with Crippen molar-refractivity contribution in [1.29, 1.82) is 0 Å². The average Bonchev–Trinajstić information content (AvgIpc) is 2.89. The second-order valence-electron chi connectivity index (χ2n) is 9.19. The van der Waals surface area contributed by atoms with Crippen LogP contribution in [0.4, 0.5) is 5.95 Å². The van der Waals surface area contributed by atoms with Gasteiger partial charge in [0.1, 0.15) is 11.5 Å². The highest BCUT2D eigenvalue weighted by atomic mass is 35.5. The van der Waals surface area contributed by atoms with Crippen LogP contribution >= 0.6 is 11.6 Å². The highest BCUT2D eigenvalue weighted by molar-refractivity contribution is 6.30. The number of rotatable bonds is 5. The molecule has 2 aromatic carbocycles. The molecule has 1 aromatic heterocycles. The number of anilines is 1. The Kier molecular flexibility index (Phi) is 6.77. The summed E-state index contributed by atoms with van der Waals surface area (Å²) in [5.74, 6) is 3.19. The van der Waals surface area contributed by atoms with Crippen LogP contribution in [0.2, 0.25) is 5.02 Å². The fourth-order valence-corrected chi connectivity index (χ4v) is 4.66. The predicted octanol–water partition coefficient (Wildman–Crippen LogP) is 5.37. The van der Waals surface area contributed by atoms with Gasteiger partial charge in [-0.3, -0.25) is 4.79 Å². The summed E-state index contributed by atoms with van der Waals surface area (Å²) in [7, 11) is 1.63. The van der Waals surface area contributed by atoms with E-state index in [0.29, 0.717) is 59.3 Å². The number of carbonyl (C=O) groups is 1. The van der Waals surface area contributed by atoms with Crippen LogP contribution in [-0.2, 0) is 13.0 Å². The Balaban J connectivity index is 1.47. The Morgan fingerprint density at radius 1 is 1.03 bits per heavy atom. The molecule has 0 bridgehead atoms. The van der Waals surface area contributed by atoms with Crippen LogP contribution in [0, 0.1) is 5.92 Å². The van der Waals surface area contributed by atoms with E-state index in [9.17, 15) is 4.79 Å². The molecule has 1 fully saturated rings. The molecule has 0 saturated carbocycles. The number of hydrogen-bond acceptors (Lipinski definition) is 6. The number of halogens is 1. The van der Waals surface area contributed by atoms with E-state index in [1.165, 1.54) is 0 Å². The van der Waals surface area contributed by atoms with E-state index in [4.69, 9.17) is 31.0 Å². The lowest BCUT2D eigenvalue weighted by atomic mass is 9.99. The number of benzene rings is 2. The Bertz CT molecular complexity index is 1210. The lowest BCUT2D eigenvalue weighted by Crippen LogP contribution is -2.38. The van der Waals surface area contributed by atoms with Crippen LogP contribution in [-0.4, -0.2) is 47.5 Å². The summed E-state index contributed by atoms with van der Waals surface area (Å²) < 4.78 is 11.7. The molecule has 35 heavy (non-hydrogen) atoms. The molecule has 182 valence electrons. The maximum Gasteiger partial charge on any atom is 0.254 e. The number of amides is 1. The third kappa shape index (κ3) is 5.20. The van der Waals surface area contributed by atoms with Gasteiger partial charge in [-0.15, -0.1) is 0 Å². The predicted molar refractivity (Wildman–Crippen MR) is 136 cm³/mol. The van der Waals surface area contributed by atoms with Gasteiger partial charge >= 0.3 is 0 Å². The topological polar surface area (TPSA) is 67.8 Å². The molecule has 0 aliphatic carbocycles. The van der Waals surface area contributed by atoms with Crippen molar-refractivity contribution in [3.05, 3.63) is 70.4 Å². The molecule has 0 unspecified atom stereocenters. The first kappa shape index (κ1) is 23.4. The number of fused-ring (bicyclic) bond motifs is 1. The molecule has 0 spiro atoms. The molecule has 2 aliphatic rings. The number of carbonyl (C=O) groups excluding carboxylic acids is 1. The number of hydrogen-bond donors (Lipinski definition) is 0. The van der Waals surface area contributed by atoms with E-state index in [-0.39, 0.29) is 5.91 Å². The Morgan fingerprint density at radius 3 is 2.51 bits per heavy atom. The van der Waals surface area contributed by atoms with E-state index in [1.807, 2.05) is 29.2 Å². The number of ether oxygens (including phenoxy) is 2. The smallest absolute Gasteiger partial charge is 0.254 e. The van der Waals surface area contributed by atoms with E-state index in [2.05, 4.69) is 11.8 Å². The third-order valence-corrected chi connectivity index (χ3v) is 6.96.